The van der Waals surface area contributed by atoms with Crippen LogP contribution in [0.2, 0.25) is 5.02 Å². The summed E-state index contributed by atoms with van der Waals surface area (Å²) < 4.78 is 98.6. The molecule has 1 atom stereocenters. The van der Waals surface area contributed by atoms with Crippen LogP contribution in [-0.2, 0) is 6.18 Å². The Labute approximate surface area is 273 Å². The summed E-state index contributed by atoms with van der Waals surface area (Å²) >= 11 is 6.53. The molecule has 6 nitrogen and oxygen atoms in total. The Morgan fingerprint density at radius 2 is 1.77 bits per heavy atom. The number of fused-ring (bicyclic) bond motifs is 2. The fourth-order valence-corrected chi connectivity index (χ4v) is 6.00. The highest BCUT2D eigenvalue weighted by molar-refractivity contribution is 6.42. The van der Waals surface area contributed by atoms with Crippen molar-refractivity contribution in [3.8, 4) is 0 Å². The summed E-state index contributed by atoms with van der Waals surface area (Å²) in [4.78, 5) is 10.4. The normalized spacial score (nSPS) is 14.1. The molecule has 0 aliphatic carbocycles. The number of alkyl halides is 5. The number of halogens is 8. The highest BCUT2D eigenvalue weighted by Gasteiger charge is 2.41. The van der Waals surface area contributed by atoms with Gasteiger partial charge in [-0.1, -0.05) is 31.7 Å². The van der Waals surface area contributed by atoms with Gasteiger partial charge < -0.3 is 20.4 Å². The molecule has 16 heteroatoms. The maximum absolute atomic E-state index is 14.6. The minimum absolute atomic E-state index is 0.0143. The topological polar surface area (TPSA) is 56.3 Å². The van der Waals surface area contributed by atoms with E-state index in [1.165, 1.54) is 41.1 Å². The van der Waals surface area contributed by atoms with Gasteiger partial charge in [0.25, 0.3) is 6.43 Å². The second-order valence-electron chi connectivity index (χ2n) is 11.0. The summed E-state index contributed by atoms with van der Waals surface area (Å²) in [5.41, 5.74) is -0.557. The van der Waals surface area contributed by atoms with Crippen LogP contribution in [0.15, 0.2) is 67.9 Å². The zero-order chi connectivity index (χ0) is 34.6. The predicted molar refractivity (Wildman–Crippen MR) is 170 cm³/mol. The fourth-order valence-electron chi connectivity index (χ4n) is 5.78. The molecule has 1 aliphatic rings. The lowest BCUT2D eigenvalue weighted by Gasteiger charge is -2.38. The molecule has 2 N–H and O–H groups in total. The monoisotopic (exact) mass is 670 g/mol. The number of nitrogens with zero attached hydrogens (tertiary/aromatic N) is 4. The molecule has 0 spiro atoms. The first-order chi connectivity index (χ1) is 21.9. The second-order valence-corrected chi connectivity index (χ2v) is 11.4. The van der Waals surface area contributed by atoms with E-state index in [4.69, 9.17) is 27.3 Å². The van der Waals surface area contributed by atoms with Crippen LogP contribution in [0.4, 0.5) is 53.6 Å². The first-order valence-corrected chi connectivity index (χ1v) is 14.2. The van der Waals surface area contributed by atoms with Gasteiger partial charge in [0.2, 0.25) is 0 Å². The molecule has 3 aromatic carbocycles. The third kappa shape index (κ3) is 6.32. The van der Waals surface area contributed by atoms with Crippen LogP contribution in [0.3, 0.4) is 0 Å². The van der Waals surface area contributed by atoms with Crippen LogP contribution in [-0.4, -0.2) is 44.0 Å². The molecule has 1 unspecified atom stereocenters. The number of rotatable bonds is 9. The first kappa shape index (κ1) is 34.0. The molecule has 0 saturated heterocycles. The van der Waals surface area contributed by atoms with E-state index in [0.29, 0.717) is 11.6 Å². The molecule has 0 saturated carbocycles. The maximum Gasteiger partial charge on any atom is 0.418 e. The van der Waals surface area contributed by atoms with Crippen molar-refractivity contribution in [3.05, 3.63) is 107 Å². The molecule has 1 aromatic heterocycles. The molecule has 5 rings (SSSR count). The Bertz CT molecular complexity index is 1900. The van der Waals surface area contributed by atoms with E-state index in [1.807, 2.05) is 0 Å². The lowest BCUT2D eigenvalue weighted by atomic mass is 9.62. The molecule has 4 aromatic rings. The van der Waals surface area contributed by atoms with Gasteiger partial charge in [-0.15, -0.1) is 0 Å². The lowest BCUT2D eigenvalue weighted by Crippen LogP contribution is -2.48. The van der Waals surface area contributed by atoms with Crippen LogP contribution in [0.25, 0.3) is 10.9 Å². The average molecular weight is 671 g/mol. The van der Waals surface area contributed by atoms with Gasteiger partial charge in [0.1, 0.15) is 29.6 Å². The van der Waals surface area contributed by atoms with Crippen molar-refractivity contribution in [1.82, 2.24) is 15.3 Å². The number of aromatic nitrogens is 2. The Kier molecular flexibility index (Phi) is 8.91. The molecule has 4 radical (unpaired) electrons. The maximum atomic E-state index is 14.6. The van der Waals surface area contributed by atoms with E-state index >= 15 is 0 Å². The van der Waals surface area contributed by atoms with E-state index in [2.05, 4.69) is 33.8 Å². The van der Waals surface area contributed by atoms with Crippen molar-refractivity contribution >= 4 is 61.1 Å². The summed E-state index contributed by atoms with van der Waals surface area (Å²) in [7, 11) is 12.6. The van der Waals surface area contributed by atoms with Crippen LogP contribution in [0.1, 0.15) is 35.2 Å². The van der Waals surface area contributed by atoms with Crippen molar-refractivity contribution in [3.63, 3.8) is 0 Å². The van der Waals surface area contributed by atoms with Gasteiger partial charge >= 0.3 is 6.18 Å². The number of anilines is 4. The van der Waals surface area contributed by atoms with Crippen LogP contribution < -0.4 is 20.4 Å². The van der Waals surface area contributed by atoms with Gasteiger partial charge in [0, 0.05) is 27.2 Å². The molecule has 240 valence electrons. The van der Waals surface area contributed by atoms with E-state index in [0.717, 1.165) is 18.5 Å². The van der Waals surface area contributed by atoms with E-state index < -0.39 is 53.2 Å². The van der Waals surface area contributed by atoms with Crippen molar-refractivity contribution in [2.45, 2.75) is 37.8 Å². The number of nitrogens with one attached hydrogen (secondary N) is 2. The van der Waals surface area contributed by atoms with Crippen LogP contribution in [0, 0.1) is 18.6 Å². The third-order valence-corrected chi connectivity index (χ3v) is 7.91. The summed E-state index contributed by atoms with van der Waals surface area (Å²) in [6, 6.07) is 5.19. The van der Waals surface area contributed by atoms with Gasteiger partial charge in [-0.25, -0.2) is 27.5 Å². The third-order valence-electron chi connectivity index (χ3n) is 7.56. The molecule has 1 aliphatic heterocycles. The Morgan fingerprint density at radius 1 is 1.06 bits per heavy atom. The molecular weight excluding hydrogens is 646 g/mol. The summed E-state index contributed by atoms with van der Waals surface area (Å²) in [6.45, 7) is 9.89. The van der Waals surface area contributed by atoms with Crippen LogP contribution in [0.5, 0.6) is 0 Å². The van der Waals surface area contributed by atoms with Crippen LogP contribution >= 0.6 is 11.6 Å². The molecular formula is C31H24B2ClF7N6. The predicted octanol–water partition coefficient (Wildman–Crippen LogP) is 7.83. The zero-order valence-corrected chi connectivity index (χ0v) is 25.6. The molecule has 0 bridgehead atoms. The first-order valence-electron chi connectivity index (χ1n) is 13.8. The standard InChI is InChI=1S/C31H24B2ClF7N6/c1-5-42-27(18-8-16(35)6-7-21(18)34)25-14(2)28-23(46(12-24(37)38)15(3)47(28)30(4,32)33)11-22(25)45-29-19-9-17(36)10-20(31(39,40)41)26(19)43-13-44-29/h5-11,13,24,27,42H,1,3,12H2,2,4H3,(H,43,44,45). The SMILES string of the molecule is [B]C([B])(C)N1C(=C)N(CC(F)F)c2cc(Nc3ncnc4c(C(F)(F)F)cc(F)cc34)c(C(NC=C)c3cc(F)ccc3Cl)c(C)c21. The molecule has 0 fully saturated rings. The summed E-state index contributed by atoms with van der Waals surface area (Å²) in [5.74, 6) is -2.08. The van der Waals surface area contributed by atoms with E-state index in [9.17, 15) is 30.7 Å². The van der Waals surface area contributed by atoms with Crippen molar-refractivity contribution in [1.29, 1.82) is 0 Å². The lowest BCUT2D eigenvalue weighted by molar-refractivity contribution is -0.136. The largest absolute Gasteiger partial charge is 0.418 e. The van der Waals surface area contributed by atoms with Gasteiger partial charge in [0.05, 0.1) is 50.7 Å². The van der Waals surface area contributed by atoms with E-state index in [1.54, 1.807) is 6.92 Å². The van der Waals surface area contributed by atoms with Crippen molar-refractivity contribution < 1.29 is 30.7 Å². The van der Waals surface area contributed by atoms with Gasteiger partial charge in [-0.2, -0.15) is 13.2 Å². The van der Waals surface area contributed by atoms with Crippen molar-refractivity contribution in [2.24, 2.45) is 0 Å². The quantitative estimate of drug-likeness (QED) is 0.140. The Balaban J connectivity index is 1.86. The number of benzene rings is 3. The van der Waals surface area contributed by atoms with Crippen molar-refractivity contribution in [2.75, 3.05) is 21.7 Å². The second kappa shape index (κ2) is 12.3. The minimum atomic E-state index is -4.95. The molecule has 0 amide bonds. The number of hydrogen-bond acceptors (Lipinski definition) is 6. The Hall–Kier alpha value is -4.39. The number of hydrogen-bond donors (Lipinski definition) is 2. The van der Waals surface area contributed by atoms with E-state index in [-0.39, 0.29) is 50.2 Å². The Morgan fingerprint density at radius 3 is 2.38 bits per heavy atom. The van der Waals surface area contributed by atoms with Gasteiger partial charge in [-0.3, -0.25) is 0 Å². The zero-order valence-electron chi connectivity index (χ0n) is 24.9. The van der Waals surface area contributed by atoms with Gasteiger partial charge in [-0.05, 0) is 60.4 Å². The molecule has 47 heavy (non-hydrogen) atoms. The summed E-state index contributed by atoms with van der Waals surface area (Å²) in [5, 5.41) is 4.12. The fraction of sp³-hybridized carbons (Fsp3) is 0.226. The highest BCUT2D eigenvalue weighted by atomic mass is 35.5. The minimum Gasteiger partial charge on any atom is -0.380 e. The van der Waals surface area contributed by atoms with Gasteiger partial charge in [0.15, 0.2) is 0 Å². The molecule has 2 heterocycles. The smallest absolute Gasteiger partial charge is 0.380 e. The average Bonchev–Trinajstić information content (AvgIpc) is 3.24. The summed E-state index contributed by atoms with van der Waals surface area (Å²) in [6.07, 6.45) is -5.62. The highest BCUT2D eigenvalue weighted by Crippen LogP contribution is 2.52.